The molecule has 0 aliphatic carbocycles. The minimum atomic E-state index is -0.384. The van der Waals surface area contributed by atoms with Gasteiger partial charge < -0.3 is 10.5 Å². The number of thioether (sulfide) groups is 1. The summed E-state index contributed by atoms with van der Waals surface area (Å²) >= 11 is 2.79. The highest BCUT2D eigenvalue weighted by atomic mass is 32.2. The summed E-state index contributed by atoms with van der Waals surface area (Å²) < 4.78 is 6.69. The molecular formula is C22H21N3O3S2. The third-order valence-corrected chi connectivity index (χ3v) is 7.10. The molecule has 0 unspecified atom stereocenters. The van der Waals surface area contributed by atoms with Gasteiger partial charge in [0, 0.05) is 4.88 Å². The van der Waals surface area contributed by atoms with Crippen molar-refractivity contribution in [2.75, 3.05) is 17.3 Å². The lowest BCUT2D eigenvalue weighted by Gasteiger charge is -2.37. The van der Waals surface area contributed by atoms with Gasteiger partial charge in [-0.25, -0.2) is 4.98 Å². The summed E-state index contributed by atoms with van der Waals surface area (Å²) in [6, 6.07) is 17.3. The molecule has 30 heavy (non-hydrogen) atoms. The van der Waals surface area contributed by atoms with Gasteiger partial charge in [0.05, 0.1) is 29.6 Å². The van der Waals surface area contributed by atoms with Gasteiger partial charge in [0.25, 0.3) is 0 Å². The number of aryl methyl sites for hydroxylation is 1. The zero-order valence-electron chi connectivity index (χ0n) is 16.4. The number of amides is 2. The predicted octanol–water partition coefficient (Wildman–Crippen LogP) is 3.74. The predicted molar refractivity (Wildman–Crippen MR) is 119 cm³/mol. The molecule has 2 amide bonds. The first-order valence-corrected chi connectivity index (χ1v) is 11.3. The molecule has 154 valence electrons. The number of nitrogens with zero attached hydrogens (tertiary/aromatic N) is 2. The maximum absolute atomic E-state index is 13.3. The van der Waals surface area contributed by atoms with E-state index in [1.165, 1.54) is 23.1 Å². The molecule has 6 nitrogen and oxygen atoms in total. The van der Waals surface area contributed by atoms with Crippen molar-refractivity contribution in [1.29, 1.82) is 0 Å². The number of para-hydroxylation sites is 2. The van der Waals surface area contributed by atoms with E-state index in [9.17, 15) is 9.59 Å². The normalized spacial score (nSPS) is 15.4. The molecule has 0 bridgehead atoms. The topological polar surface area (TPSA) is 85.5 Å². The second-order valence-corrected chi connectivity index (χ2v) is 9.20. The fourth-order valence-corrected chi connectivity index (χ4v) is 5.50. The van der Waals surface area contributed by atoms with E-state index in [-0.39, 0.29) is 30.0 Å². The summed E-state index contributed by atoms with van der Waals surface area (Å²) in [6.45, 7) is 2.25. The van der Waals surface area contributed by atoms with Gasteiger partial charge in [0.2, 0.25) is 11.8 Å². The van der Waals surface area contributed by atoms with Crippen molar-refractivity contribution in [3.8, 4) is 5.75 Å². The lowest BCUT2D eigenvalue weighted by molar-refractivity contribution is -0.118. The summed E-state index contributed by atoms with van der Waals surface area (Å²) in [5, 5.41) is 0. The van der Waals surface area contributed by atoms with Gasteiger partial charge in [-0.3, -0.25) is 14.5 Å². The fourth-order valence-electron chi connectivity index (χ4n) is 3.40. The largest absolute Gasteiger partial charge is 0.489 e. The van der Waals surface area contributed by atoms with E-state index in [4.69, 9.17) is 10.5 Å². The van der Waals surface area contributed by atoms with E-state index < -0.39 is 0 Å². The Balaban J connectivity index is 1.56. The Morgan fingerprint density at radius 3 is 2.70 bits per heavy atom. The van der Waals surface area contributed by atoms with Crippen molar-refractivity contribution < 1.29 is 14.3 Å². The number of carbonyl (C=O) groups is 2. The molecule has 0 fully saturated rings. The minimum absolute atomic E-state index is 0.0195. The smallest absolute Gasteiger partial charge is 0.238 e. The Hall–Kier alpha value is -2.84. The fraction of sp³-hybridized carbons (Fsp3) is 0.227. The van der Waals surface area contributed by atoms with Crippen LogP contribution in [0.4, 0.5) is 5.69 Å². The van der Waals surface area contributed by atoms with Crippen LogP contribution in [0.1, 0.15) is 22.2 Å². The quantitative estimate of drug-likeness (QED) is 0.592. The third kappa shape index (κ3) is 4.34. The number of benzene rings is 2. The minimum Gasteiger partial charge on any atom is -0.489 e. The molecule has 0 saturated carbocycles. The highest BCUT2D eigenvalue weighted by molar-refractivity contribution is 8.01. The van der Waals surface area contributed by atoms with Crippen molar-refractivity contribution >= 4 is 40.6 Å². The van der Waals surface area contributed by atoms with Gasteiger partial charge in [0.1, 0.15) is 12.4 Å². The standard InChI is InChI=1S/C22H21N3O3S2/c1-14-19(11-20(23)26)30-22(24-14)29-13-21(27)25-16-9-5-6-10-18(16)28-12-17(25)15-7-3-2-4-8-15/h2-10,17H,11-13H2,1H3,(H2,23,26)/t17-/m1/s1. The Labute approximate surface area is 183 Å². The highest BCUT2D eigenvalue weighted by Crippen LogP contribution is 2.40. The molecule has 1 atom stereocenters. The molecule has 1 aromatic heterocycles. The summed E-state index contributed by atoms with van der Waals surface area (Å²) in [5.74, 6) is 0.538. The van der Waals surface area contributed by atoms with Crippen molar-refractivity contribution in [2.45, 2.75) is 23.7 Å². The number of ether oxygens (including phenoxy) is 1. The number of hydrogen-bond acceptors (Lipinski definition) is 6. The average molecular weight is 440 g/mol. The van der Waals surface area contributed by atoms with E-state index in [1.54, 1.807) is 0 Å². The second-order valence-electron chi connectivity index (χ2n) is 6.89. The first kappa shape index (κ1) is 20.4. The molecule has 1 aliphatic rings. The van der Waals surface area contributed by atoms with E-state index >= 15 is 0 Å². The van der Waals surface area contributed by atoms with Gasteiger partial charge in [0.15, 0.2) is 4.34 Å². The van der Waals surface area contributed by atoms with Crippen LogP contribution in [-0.4, -0.2) is 29.2 Å². The number of fused-ring (bicyclic) bond motifs is 1. The van der Waals surface area contributed by atoms with Gasteiger partial charge in [-0.15, -0.1) is 11.3 Å². The number of primary amides is 1. The number of hydrogen-bond donors (Lipinski definition) is 1. The number of rotatable bonds is 6. The summed E-state index contributed by atoms with van der Waals surface area (Å²) in [6.07, 6.45) is 0.172. The summed E-state index contributed by atoms with van der Waals surface area (Å²) in [4.78, 5) is 31.7. The van der Waals surface area contributed by atoms with Gasteiger partial charge in [-0.1, -0.05) is 54.2 Å². The second kappa shape index (κ2) is 8.89. The zero-order valence-corrected chi connectivity index (χ0v) is 18.0. The first-order chi connectivity index (χ1) is 14.5. The zero-order chi connectivity index (χ0) is 21.1. The number of anilines is 1. The van der Waals surface area contributed by atoms with Crippen molar-refractivity contribution in [2.24, 2.45) is 5.73 Å². The Morgan fingerprint density at radius 1 is 1.20 bits per heavy atom. The highest BCUT2D eigenvalue weighted by Gasteiger charge is 2.33. The number of nitrogens with two attached hydrogens (primary N) is 1. The van der Waals surface area contributed by atoms with E-state index in [0.717, 1.165) is 26.2 Å². The lowest BCUT2D eigenvalue weighted by Crippen LogP contribution is -2.42. The Kier molecular flexibility index (Phi) is 6.06. The lowest BCUT2D eigenvalue weighted by atomic mass is 10.0. The number of thiazole rings is 1. The van der Waals surface area contributed by atoms with Crippen molar-refractivity contribution in [3.63, 3.8) is 0 Å². The SMILES string of the molecule is Cc1nc(SCC(=O)N2c3ccccc3OC[C@@H]2c2ccccc2)sc1CC(N)=O. The van der Waals surface area contributed by atoms with Gasteiger partial charge in [-0.2, -0.15) is 0 Å². The van der Waals surface area contributed by atoms with Gasteiger partial charge >= 0.3 is 0 Å². The molecule has 0 radical (unpaired) electrons. The molecule has 2 heterocycles. The van der Waals surface area contributed by atoms with Crippen LogP contribution in [0.5, 0.6) is 5.75 Å². The van der Waals surface area contributed by atoms with Crippen LogP contribution >= 0.6 is 23.1 Å². The summed E-state index contributed by atoms with van der Waals surface area (Å²) in [7, 11) is 0. The monoisotopic (exact) mass is 439 g/mol. The van der Waals surface area contributed by atoms with Crippen molar-refractivity contribution in [1.82, 2.24) is 4.98 Å². The van der Waals surface area contributed by atoms with E-state index in [2.05, 4.69) is 4.98 Å². The molecule has 3 aromatic rings. The van der Waals surface area contributed by atoms with Crippen LogP contribution in [0, 0.1) is 6.92 Å². The van der Waals surface area contributed by atoms with Crippen LogP contribution in [0.3, 0.4) is 0 Å². The maximum atomic E-state index is 13.3. The van der Waals surface area contributed by atoms with Crippen molar-refractivity contribution in [3.05, 3.63) is 70.7 Å². The molecule has 4 rings (SSSR count). The van der Waals surface area contributed by atoms with Crippen LogP contribution in [0.25, 0.3) is 0 Å². The van der Waals surface area contributed by atoms with E-state index in [0.29, 0.717) is 12.4 Å². The molecular weight excluding hydrogens is 418 g/mol. The molecule has 2 aromatic carbocycles. The first-order valence-electron chi connectivity index (χ1n) is 9.49. The number of aromatic nitrogens is 1. The maximum Gasteiger partial charge on any atom is 0.238 e. The average Bonchev–Trinajstić information content (AvgIpc) is 3.10. The number of carbonyl (C=O) groups excluding carboxylic acids is 2. The van der Waals surface area contributed by atoms with E-state index in [1.807, 2.05) is 66.4 Å². The molecule has 2 N–H and O–H groups in total. The molecule has 1 aliphatic heterocycles. The van der Waals surface area contributed by atoms with Crippen LogP contribution < -0.4 is 15.4 Å². The summed E-state index contributed by atoms with van der Waals surface area (Å²) in [5.41, 5.74) is 7.88. The Bertz CT molecular complexity index is 1070. The Morgan fingerprint density at radius 2 is 1.93 bits per heavy atom. The van der Waals surface area contributed by atoms with Crippen LogP contribution in [0.2, 0.25) is 0 Å². The molecule has 8 heteroatoms. The molecule has 0 spiro atoms. The molecule has 0 saturated heterocycles. The van der Waals surface area contributed by atoms with Crippen LogP contribution in [0.15, 0.2) is 58.9 Å². The van der Waals surface area contributed by atoms with Gasteiger partial charge in [-0.05, 0) is 24.6 Å². The third-order valence-electron chi connectivity index (χ3n) is 4.81. The van der Waals surface area contributed by atoms with Crippen LogP contribution in [-0.2, 0) is 16.0 Å².